The van der Waals surface area contributed by atoms with Crippen LogP contribution in [0.1, 0.15) is 66.2 Å². The Morgan fingerprint density at radius 1 is 1.09 bits per heavy atom. The quantitative estimate of drug-likeness (QED) is 0.432. The molecule has 1 unspecified atom stereocenters. The SMILES string of the molecule is CCCCC(CCCC)(C(=O)NCCO)C(C)(O)NC(C)=O. The molecule has 0 radical (unpaired) electrons. The summed E-state index contributed by atoms with van der Waals surface area (Å²) in [4.78, 5) is 24.2. The van der Waals surface area contributed by atoms with Crippen LogP contribution in [0.5, 0.6) is 0 Å². The summed E-state index contributed by atoms with van der Waals surface area (Å²) in [5.74, 6) is -0.695. The molecule has 2 amide bonds. The average Bonchev–Trinajstić information content (AvgIpc) is 2.43. The Morgan fingerprint density at radius 3 is 1.95 bits per heavy atom. The van der Waals surface area contributed by atoms with E-state index in [9.17, 15) is 14.7 Å². The minimum atomic E-state index is -1.64. The first-order valence-corrected chi connectivity index (χ1v) is 8.17. The summed E-state index contributed by atoms with van der Waals surface area (Å²) in [6, 6.07) is 0. The van der Waals surface area contributed by atoms with Crippen molar-refractivity contribution in [1.29, 1.82) is 0 Å². The molecule has 0 fully saturated rings. The van der Waals surface area contributed by atoms with Crippen molar-refractivity contribution in [3.05, 3.63) is 0 Å². The zero-order valence-corrected chi connectivity index (χ0v) is 14.4. The first-order valence-electron chi connectivity index (χ1n) is 8.17. The van der Waals surface area contributed by atoms with Crippen LogP contribution in [0.15, 0.2) is 0 Å². The molecule has 1 atom stereocenters. The Bertz CT molecular complexity index is 348. The van der Waals surface area contributed by atoms with Crippen molar-refractivity contribution in [3.8, 4) is 0 Å². The average molecular weight is 316 g/mol. The van der Waals surface area contributed by atoms with Crippen LogP contribution in [-0.4, -0.2) is 40.9 Å². The van der Waals surface area contributed by atoms with Gasteiger partial charge in [-0.05, 0) is 19.8 Å². The Morgan fingerprint density at radius 2 is 1.59 bits per heavy atom. The highest BCUT2D eigenvalue weighted by atomic mass is 16.3. The number of amides is 2. The van der Waals surface area contributed by atoms with E-state index in [1.165, 1.54) is 13.8 Å². The number of carbonyl (C=O) groups excluding carboxylic acids is 2. The van der Waals surface area contributed by atoms with Crippen LogP contribution in [0.25, 0.3) is 0 Å². The molecule has 22 heavy (non-hydrogen) atoms. The number of aliphatic hydroxyl groups excluding tert-OH is 1. The lowest BCUT2D eigenvalue weighted by Gasteiger charge is -2.44. The molecule has 0 bridgehead atoms. The minimum absolute atomic E-state index is 0.134. The van der Waals surface area contributed by atoms with Crippen LogP contribution in [0, 0.1) is 5.41 Å². The van der Waals surface area contributed by atoms with Crippen molar-refractivity contribution >= 4 is 11.8 Å². The fourth-order valence-corrected chi connectivity index (χ4v) is 2.82. The van der Waals surface area contributed by atoms with Crippen molar-refractivity contribution < 1.29 is 19.8 Å². The van der Waals surface area contributed by atoms with Crippen molar-refractivity contribution in [2.24, 2.45) is 5.41 Å². The van der Waals surface area contributed by atoms with Gasteiger partial charge in [0.1, 0.15) is 5.72 Å². The third-order valence-electron chi connectivity index (χ3n) is 4.10. The topological polar surface area (TPSA) is 98.7 Å². The van der Waals surface area contributed by atoms with Gasteiger partial charge >= 0.3 is 0 Å². The largest absolute Gasteiger partial charge is 0.395 e. The minimum Gasteiger partial charge on any atom is -0.395 e. The molecule has 0 rings (SSSR count). The highest BCUT2D eigenvalue weighted by Gasteiger charge is 2.52. The molecule has 0 saturated carbocycles. The molecule has 0 heterocycles. The van der Waals surface area contributed by atoms with Gasteiger partial charge in [0.25, 0.3) is 0 Å². The second kappa shape index (κ2) is 9.79. The molecule has 0 aromatic rings. The predicted molar refractivity (Wildman–Crippen MR) is 86.0 cm³/mol. The molecule has 0 aliphatic heterocycles. The lowest BCUT2D eigenvalue weighted by Crippen LogP contribution is -2.63. The van der Waals surface area contributed by atoms with Gasteiger partial charge in [0.15, 0.2) is 0 Å². The fourth-order valence-electron chi connectivity index (χ4n) is 2.82. The third kappa shape index (κ3) is 5.57. The molecule has 0 aliphatic rings. The second-order valence-corrected chi connectivity index (χ2v) is 6.02. The molecule has 6 nitrogen and oxygen atoms in total. The molecule has 0 aliphatic carbocycles. The molecule has 130 valence electrons. The first kappa shape index (κ1) is 20.9. The zero-order valence-electron chi connectivity index (χ0n) is 14.4. The number of carbonyl (C=O) groups is 2. The number of unbranched alkanes of at least 4 members (excludes halogenated alkanes) is 2. The standard InChI is InChI=1S/C16H32N2O4/c1-5-7-9-16(10-8-6-2,14(21)17-11-12-19)15(4,22)18-13(3)20/h19,22H,5-12H2,1-4H3,(H,17,21)(H,18,20). The van der Waals surface area contributed by atoms with E-state index in [-0.39, 0.29) is 25.0 Å². The number of nitrogens with one attached hydrogen (secondary N) is 2. The van der Waals surface area contributed by atoms with Gasteiger partial charge in [0.05, 0.1) is 12.0 Å². The van der Waals surface area contributed by atoms with Gasteiger partial charge in [-0.3, -0.25) is 9.59 Å². The van der Waals surface area contributed by atoms with Crippen LogP contribution < -0.4 is 10.6 Å². The van der Waals surface area contributed by atoms with Crippen molar-refractivity contribution in [2.75, 3.05) is 13.2 Å². The maximum atomic E-state index is 12.7. The fraction of sp³-hybridized carbons (Fsp3) is 0.875. The van der Waals surface area contributed by atoms with Crippen molar-refractivity contribution in [1.82, 2.24) is 10.6 Å². The normalized spacial score (nSPS) is 14.3. The Labute approximate surface area is 133 Å². The van der Waals surface area contributed by atoms with Gasteiger partial charge in [-0.2, -0.15) is 0 Å². The van der Waals surface area contributed by atoms with Gasteiger partial charge < -0.3 is 20.8 Å². The maximum Gasteiger partial charge on any atom is 0.231 e. The van der Waals surface area contributed by atoms with E-state index in [4.69, 9.17) is 5.11 Å². The maximum absolute atomic E-state index is 12.7. The highest BCUT2D eigenvalue weighted by Crippen LogP contribution is 2.40. The van der Waals surface area contributed by atoms with E-state index >= 15 is 0 Å². The lowest BCUT2D eigenvalue weighted by atomic mass is 9.69. The Balaban J connectivity index is 5.59. The molecular weight excluding hydrogens is 284 g/mol. The van der Waals surface area contributed by atoms with E-state index in [2.05, 4.69) is 10.6 Å². The summed E-state index contributed by atoms with van der Waals surface area (Å²) in [6.07, 6.45) is 4.27. The van der Waals surface area contributed by atoms with E-state index in [0.29, 0.717) is 12.8 Å². The van der Waals surface area contributed by atoms with Gasteiger partial charge in [0.2, 0.25) is 11.8 Å². The van der Waals surface area contributed by atoms with Crippen LogP contribution in [0.2, 0.25) is 0 Å². The lowest BCUT2D eigenvalue weighted by molar-refractivity contribution is -0.162. The van der Waals surface area contributed by atoms with Crippen LogP contribution in [0.4, 0.5) is 0 Å². The van der Waals surface area contributed by atoms with Crippen molar-refractivity contribution in [3.63, 3.8) is 0 Å². The van der Waals surface area contributed by atoms with Crippen LogP contribution in [0.3, 0.4) is 0 Å². The Hall–Kier alpha value is -1.14. The monoisotopic (exact) mass is 316 g/mol. The summed E-state index contributed by atoms with van der Waals surface area (Å²) in [6.45, 7) is 6.82. The molecular formula is C16H32N2O4. The number of hydrogen-bond acceptors (Lipinski definition) is 4. The number of rotatable bonds is 11. The highest BCUT2D eigenvalue weighted by molar-refractivity contribution is 5.85. The second-order valence-electron chi connectivity index (χ2n) is 6.02. The van der Waals surface area contributed by atoms with Gasteiger partial charge in [-0.1, -0.05) is 39.5 Å². The molecule has 0 aromatic carbocycles. The number of hydrogen-bond donors (Lipinski definition) is 4. The molecule has 0 aromatic heterocycles. The molecule has 4 N–H and O–H groups in total. The smallest absolute Gasteiger partial charge is 0.231 e. The summed E-state index contributed by atoms with van der Waals surface area (Å²) in [7, 11) is 0. The molecule has 0 spiro atoms. The zero-order chi connectivity index (χ0) is 17.2. The first-order chi connectivity index (χ1) is 10.3. The van der Waals surface area contributed by atoms with E-state index in [1.54, 1.807) is 0 Å². The summed E-state index contributed by atoms with van der Waals surface area (Å²) >= 11 is 0. The summed E-state index contributed by atoms with van der Waals surface area (Å²) in [5, 5.41) is 25.0. The Kier molecular flexibility index (Phi) is 9.28. The van der Waals surface area contributed by atoms with Gasteiger partial charge in [0, 0.05) is 13.5 Å². The summed E-state index contributed by atoms with van der Waals surface area (Å²) < 4.78 is 0. The molecule has 0 saturated heterocycles. The van der Waals surface area contributed by atoms with E-state index in [0.717, 1.165) is 25.7 Å². The van der Waals surface area contributed by atoms with Gasteiger partial charge in [-0.15, -0.1) is 0 Å². The van der Waals surface area contributed by atoms with Crippen molar-refractivity contribution in [2.45, 2.75) is 71.9 Å². The third-order valence-corrected chi connectivity index (χ3v) is 4.10. The van der Waals surface area contributed by atoms with Gasteiger partial charge in [-0.25, -0.2) is 0 Å². The van der Waals surface area contributed by atoms with Crippen LogP contribution in [-0.2, 0) is 9.59 Å². The van der Waals surface area contributed by atoms with E-state index in [1.807, 2.05) is 13.8 Å². The van der Waals surface area contributed by atoms with Crippen LogP contribution >= 0.6 is 0 Å². The van der Waals surface area contributed by atoms with E-state index < -0.39 is 11.1 Å². The summed E-state index contributed by atoms with van der Waals surface area (Å²) in [5.41, 5.74) is -2.73. The number of aliphatic hydroxyl groups is 2. The predicted octanol–water partition coefficient (Wildman–Crippen LogP) is 1.31. The molecule has 6 heteroatoms.